The molecular formula is C9H18FN. The van der Waals surface area contributed by atoms with E-state index < -0.39 is 5.67 Å². The first kappa shape index (κ1) is 8.98. The Labute approximate surface area is 68.4 Å². The van der Waals surface area contributed by atoms with Gasteiger partial charge in [0.1, 0.15) is 5.67 Å². The molecule has 0 amide bonds. The highest BCUT2D eigenvalue weighted by Gasteiger charge is 2.41. The fourth-order valence-corrected chi connectivity index (χ4v) is 1.68. The smallest absolute Gasteiger partial charge is 0.111 e. The Balaban J connectivity index is 2.24. The van der Waals surface area contributed by atoms with Gasteiger partial charge < -0.3 is 5.32 Å². The fraction of sp³-hybridized carbons (Fsp3) is 1.00. The van der Waals surface area contributed by atoms with Crippen LogP contribution in [0.15, 0.2) is 0 Å². The van der Waals surface area contributed by atoms with Crippen molar-refractivity contribution in [1.82, 2.24) is 5.32 Å². The van der Waals surface area contributed by atoms with Crippen LogP contribution in [0.4, 0.5) is 4.39 Å². The first-order chi connectivity index (χ1) is 4.79. The van der Waals surface area contributed by atoms with E-state index in [4.69, 9.17) is 0 Å². The number of alkyl halides is 1. The Bertz CT molecular complexity index is 138. The largest absolute Gasteiger partial charge is 0.309 e. The van der Waals surface area contributed by atoms with Crippen molar-refractivity contribution in [2.24, 2.45) is 0 Å². The maximum absolute atomic E-state index is 13.0. The van der Waals surface area contributed by atoms with Crippen molar-refractivity contribution >= 4 is 0 Å². The van der Waals surface area contributed by atoms with Crippen LogP contribution in [0.5, 0.6) is 0 Å². The highest BCUT2D eigenvalue weighted by atomic mass is 19.1. The predicted molar refractivity (Wildman–Crippen MR) is 45.4 cm³/mol. The fourth-order valence-electron chi connectivity index (χ4n) is 1.68. The monoisotopic (exact) mass is 159 g/mol. The number of hydrogen-bond acceptors (Lipinski definition) is 1. The van der Waals surface area contributed by atoms with E-state index in [1.807, 2.05) is 0 Å². The zero-order valence-corrected chi connectivity index (χ0v) is 7.87. The van der Waals surface area contributed by atoms with Gasteiger partial charge in [0, 0.05) is 11.6 Å². The van der Waals surface area contributed by atoms with Crippen molar-refractivity contribution in [2.45, 2.75) is 57.8 Å². The summed E-state index contributed by atoms with van der Waals surface area (Å²) in [4.78, 5) is 0. The van der Waals surface area contributed by atoms with Gasteiger partial charge in [0.2, 0.25) is 0 Å². The molecule has 0 aromatic heterocycles. The van der Waals surface area contributed by atoms with Crippen molar-refractivity contribution < 1.29 is 4.39 Å². The van der Waals surface area contributed by atoms with E-state index in [0.717, 1.165) is 0 Å². The maximum Gasteiger partial charge on any atom is 0.111 e. The molecule has 66 valence electrons. The van der Waals surface area contributed by atoms with Gasteiger partial charge in [0.05, 0.1) is 0 Å². The molecule has 1 nitrogen and oxygen atoms in total. The van der Waals surface area contributed by atoms with Crippen molar-refractivity contribution in [3.05, 3.63) is 0 Å². The number of nitrogens with one attached hydrogen (secondary N) is 1. The first-order valence-corrected chi connectivity index (χ1v) is 4.25. The third-order valence-electron chi connectivity index (χ3n) is 1.98. The Morgan fingerprint density at radius 3 is 2.09 bits per heavy atom. The van der Waals surface area contributed by atoms with Crippen molar-refractivity contribution in [3.8, 4) is 0 Å². The number of halogens is 1. The van der Waals surface area contributed by atoms with E-state index in [2.05, 4.69) is 26.1 Å². The molecule has 0 heterocycles. The van der Waals surface area contributed by atoms with Gasteiger partial charge in [-0.2, -0.15) is 0 Å². The summed E-state index contributed by atoms with van der Waals surface area (Å²) in [7, 11) is 0. The van der Waals surface area contributed by atoms with Gasteiger partial charge in [-0.1, -0.05) is 0 Å². The van der Waals surface area contributed by atoms with Crippen molar-refractivity contribution in [2.75, 3.05) is 0 Å². The van der Waals surface area contributed by atoms with Gasteiger partial charge in [-0.15, -0.1) is 0 Å². The van der Waals surface area contributed by atoms with Crippen molar-refractivity contribution in [3.63, 3.8) is 0 Å². The minimum absolute atomic E-state index is 0.126. The standard InChI is InChI=1S/C9H18FN/c1-8(2,3)11-7-5-9(4,10)6-7/h7,11H,5-6H2,1-4H3. The minimum atomic E-state index is -0.900. The molecule has 0 atom stereocenters. The Morgan fingerprint density at radius 2 is 1.82 bits per heavy atom. The molecule has 0 saturated heterocycles. The molecule has 1 aliphatic rings. The zero-order valence-electron chi connectivity index (χ0n) is 7.87. The van der Waals surface area contributed by atoms with Gasteiger partial charge in [-0.25, -0.2) is 4.39 Å². The van der Waals surface area contributed by atoms with Crippen LogP contribution in [-0.2, 0) is 0 Å². The summed E-state index contributed by atoms with van der Waals surface area (Å²) >= 11 is 0. The second-order valence-corrected chi connectivity index (χ2v) is 4.91. The molecule has 0 aromatic rings. The molecule has 0 aliphatic heterocycles. The topological polar surface area (TPSA) is 12.0 Å². The van der Waals surface area contributed by atoms with E-state index in [1.54, 1.807) is 6.92 Å². The van der Waals surface area contributed by atoms with Crippen LogP contribution >= 0.6 is 0 Å². The SMILES string of the molecule is CC1(F)CC(NC(C)(C)C)C1. The molecule has 0 spiro atoms. The summed E-state index contributed by atoms with van der Waals surface area (Å²) in [5.74, 6) is 0. The van der Waals surface area contributed by atoms with E-state index in [-0.39, 0.29) is 5.54 Å². The van der Waals surface area contributed by atoms with Gasteiger partial charge in [-0.3, -0.25) is 0 Å². The average molecular weight is 159 g/mol. The third-order valence-corrected chi connectivity index (χ3v) is 1.98. The first-order valence-electron chi connectivity index (χ1n) is 4.25. The average Bonchev–Trinajstić information content (AvgIpc) is 1.53. The molecule has 1 saturated carbocycles. The van der Waals surface area contributed by atoms with Crippen LogP contribution in [-0.4, -0.2) is 17.2 Å². The molecule has 2 heteroatoms. The summed E-state index contributed by atoms with van der Waals surface area (Å²) in [6, 6.07) is 0.394. The predicted octanol–water partition coefficient (Wildman–Crippen LogP) is 2.27. The lowest BCUT2D eigenvalue weighted by molar-refractivity contribution is 0.0374. The van der Waals surface area contributed by atoms with Gasteiger partial charge in [0.25, 0.3) is 0 Å². The van der Waals surface area contributed by atoms with E-state index >= 15 is 0 Å². The zero-order chi connectivity index (χ0) is 8.70. The highest BCUT2D eigenvalue weighted by molar-refractivity contribution is 4.97. The molecule has 0 radical (unpaired) electrons. The summed E-state index contributed by atoms with van der Waals surface area (Å²) in [5, 5.41) is 3.37. The van der Waals surface area contributed by atoms with Crippen LogP contribution < -0.4 is 5.32 Å². The van der Waals surface area contributed by atoms with E-state index in [1.165, 1.54) is 0 Å². The molecule has 0 bridgehead atoms. The maximum atomic E-state index is 13.0. The molecule has 1 N–H and O–H groups in total. The van der Waals surface area contributed by atoms with Crippen LogP contribution in [0.2, 0.25) is 0 Å². The van der Waals surface area contributed by atoms with Gasteiger partial charge in [-0.05, 0) is 40.5 Å². The lowest BCUT2D eigenvalue weighted by Crippen LogP contribution is -2.55. The summed E-state index contributed by atoms with van der Waals surface area (Å²) in [5.41, 5.74) is -0.774. The van der Waals surface area contributed by atoms with E-state index in [0.29, 0.717) is 18.9 Å². The molecule has 1 aliphatic carbocycles. The highest BCUT2D eigenvalue weighted by Crippen LogP contribution is 2.36. The Morgan fingerprint density at radius 1 is 1.36 bits per heavy atom. The normalized spacial score (nSPS) is 38.5. The van der Waals surface area contributed by atoms with Gasteiger partial charge >= 0.3 is 0 Å². The number of rotatable bonds is 1. The summed E-state index contributed by atoms with van der Waals surface area (Å²) in [6.07, 6.45) is 1.34. The van der Waals surface area contributed by atoms with Crippen LogP contribution in [0.1, 0.15) is 40.5 Å². The third kappa shape index (κ3) is 2.78. The van der Waals surface area contributed by atoms with Crippen molar-refractivity contribution in [1.29, 1.82) is 0 Å². The molecule has 1 rings (SSSR count). The Hall–Kier alpha value is -0.110. The summed E-state index contributed by atoms with van der Waals surface area (Å²) in [6.45, 7) is 8.01. The molecule has 0 unspecified atom stereocenters. The molecule has 11 heavy (non-hydrogen) atoms. The minimum Gasteiger partial charge on any atom is -0.309 e. The molecular weight excluding hydrogens is 141 g/mol. The Kier molecular flexibility index (Phi) is 1.99. The quantitative estimate of drug-likeness (QED) is 0.619. The van der Waals surface area contributed by atoms with Crippen LogP contribution in [0.25, 0.3) is 0 Å². The second kappa shape index (κ2) is 2.44. The second-order valence-electron chi connectivity index (χ2n) is 4.91. The summed E-state index contributed by atoms with van der Waals surface area (Å²) < 4.78 is 13.0. The van der Waals surface area contributed by atoms with E-state index in [9.17, 15) is 4.39 Å². The lowest BCUT2D eigenvalue weighted by atomic mass is 9.78. The van der Waals surface area contributed by atoms with Gasteiger partial charge in [0.15, 0.2) is 0 Å². The lowest BCUT2D eigenvalue weighted by Gasteiger charge is -2.42. The number of hydrogen-bond donors (Lipinski definition) is 1. The van der Waals surface area contributed by atoms with Crippen LogP contribution in [0, 0.1) is 0 Å². The molecule has 0 aromatic carbocycles. The molecule has 1 fully saturated rings. The van der Waals surface area contributed by atoms with Crippen LogP contribution in [0.3, 0.4) is 0 Å².